The van der Waals surface area contributed by atoms with E-state index in [9.17, 15) is 9.59 Å². The van der Waals surface area contributed by atoms with Gasteiger partial charge in [-0.05, 0) is 56.7 Å². The molecule has 2 saturated heterocycles. The third-order valence-corrected chi connectivity index (χ3v) is 6.26. The van der Waals surface area contributed by atoms with Gasteiger partial charge in [-0.2, -0.15) is 0 Å². The number of likely N-dealkylation sites (tertiary alicyclic amines) is 1. The van der Waals surface area contributed by atoms with Crippen LogP contribution >= 0.6 is 0 Å². The van der Waals surface area contributed by atoms with Gasteiger partial charge >= 0.3 is 0 Å². The van der Waals surface area contributed by atoms with Crippen LogP contribution in [0.25, 0.3) is 0 Å². The molecule has 1 aromatic rings. The molecular weight excluding hydrogens is 368 g/mol. The molecule has 1 saturated carbocycles. The van der Waals surface area contributed by atoms with E-state index in [1.54, 1.807) is 0 Å². The fourth-order valence-corrected chi connectivity index (χ4v) is 4.51. The molecule has 0 bridgehead atoms. The van der Waals surface area contributed by atoms with E-state index in [1.165, 1.54) is 0 Å². The summed E-state index contributed by atoms with van der Waals surface area (Å²) in [6, 6.07) is 8.17. The lowest BCUT2D eigenvalue weighted by molar-refractivity contribution is -0.140. The minimum absolute atomic E-state index is 0.141. The number of carbonyl (C=O) groups is 2. The molecule has 6 nitrogen and oxygen atoms in total. The summed E-state index contributed by atoms with van der Waals surface area (Å²) in [5.74, 6) is 1.49. The standard InChI is InChI=1S/C23H32N2O4/c1-2-29-21-7-3-17(4-8-21)15-22(26)24-12-9-20(16-24)25(23(27)18-5-6-18)19-10-13-28-14-11-19/h3-4,7-8,18-20H,2,5-6,9-16H2,1H3. The number of hydrogen-bond acceptors (Lipinski definition) is 4. The van der Waals surface area contributed by atoms with Crippen LogP contribution in [-0.2, 0) is 20.7 Å². The summed E-state index contributed by atoms with van der Waals surface area (Å²) in [6.45, 7) is 5.44. The minimum Gasteiger partial charge on any atom is -0.494 e. The van der Waals surface area contributed by atoms with Crippen molar-refractivity contribution in [3.63, 3.8) is 0 Å². The summed E-state index contributed by atoms with van der Waals surface area (Å²) in [5.41, 5.74) is 0.997. The van der Waals surface area contributed by atoms with Gasteiger partial charge < -0.3 is 19.3 Å². The second kappa shape index (κ2) is 9.16. The van der Waals surface area contributed by atoms with Crippen LogP contribution in [0, 0.1) is 5.92 Å². The first-order valence-corrected chi connectivity index (χ1v) is 11.0. The Balaban J connectivity index is 1.37. The zero-order chi connectivity index (χ0) is 20.2. The zero-order valence-electron chi connectivity index (χ0n) is 17.3. The fourth-order valence-electron chi connectivity index (χ4n) is 4.51. The molecule has 158 valence electrons. The molecular formula is C23H32N2O4. The van der Waals surface area contributed by atoms with E-state index in [1.807, 2.05) is 36.1 Å². The molecule has 0 aromatic heterocycles. The van der Waals surface area contributed by atoms with Gasteiger partial charge in [-0.25, -0.2) is 0 Å². The minimum atomic E-state index is 0.141. The first-order valence-electron chi connectivity index (χ1n) is 11.0. The Morgan fingerprint density at radius 3 is 2.45 bits per heavy atom. The number of benzene rings is 1. The summed E-state index contributed by atoms with van der Waals surface area (Å²) < 4.78 is 11.0. The van der Waals surface area contributed by atoms with Crippen molar-refractivity contribution in [1.82, 2.24) is 9.80 Å². The Morgan fingerprint density at radius 2 is 1.79 bits per heavy atom. The van der Waals surface area contributed by atoms with Crippen LogP contribution in [0.4, 0.5) is 0 Å². The molecule has 4 rings (SSSR count). The molecule has 0 spiro atoms. The van der Waals surface area contributed by atoms with Crippen molar-refractivity contribution in [1.29, 1.82) is 0 Å². The lowest BCUT2D eigenvalue weighted by Crippen LogP contribution is -2.51. The number of amides is 2. The summed E-state index contributed by atoms with van der Waals surface area (Å²) in [5, 5.41) is 0. The van der Waals surface area contributed by atoms with Gasteiger partial charge in [0.25, 0.3) is 0 Å². The van der Waals surface area contributed by atoms with Gasteiger partial charge in [0.15, 0.2) is 0 Å². The summed E-state index contributed by atoms with van der Waals surface area (Å²) >= 11 is 0. The third-order valence-electron chi connectivity index (χ3n) is 6.26. The average Bonchev–Trinajstić information content (AvgIpc) is 3.49. The van der Waals surface area contributed by atoms with Crippen molar-refractivity contribution in [3.8, 4) is 5.75 Å². The highest BCUT2D eigenvalue weighted by Gasteiger charge is 2.42. The molecule has 6 heteroatoms. The van der Waals surface area contributed by atoms with Crippen molar-refractivity contribution in [2.24, 2.45) is 5.92 Å². The van der Waals surface area contributed by atoms with Gasteiger partial charge in [0, 0.05) is 38.3 Å². The van der Waals surface area contributed by atoms with Crippen LogP contribution in [0.5, 0.6) is 5.75 Å². The molecule has 1 aromatic carbocycles. The van der Waals surface area contributed by atoms with E-state index in [4.69, 9.17) is 9.47 Å². The summed E-state index contributed by atoms with van der Waals surface area (Å²) in [6.07, 6.45) is 5.14. The maximum absolute atomic E-state index is 13.0. The lowest BCUT2D eigenvalue weighted by Gasteiger charge is -2.38. The first kappa shape index (κ1) is 20.2. The van der Waals surface area contributed by atoms with E-state index < -0.39 is 0 Å². The molecule has 3 aliphatic rings. The molecule has 0 radical (unpaired) electrons. The molecule has 29 heavy (non-hydrogen) atoms. The maximum Gasteiger partial charge on any atom is 0.227 e. The highest BCUT2D eigenvalue weighted by atomic mass is 16.5. The van der Waals surface area contributed by atoms with Gasteiger partial charge in [-0.15, -0.1) is 0 Å². The van der Waals surface area contributed by atoms with Crippen molar-refractivity contribution >= 4 is 11.8 Å². The largest absolute Gasteiger partial charge is 0.494 e. The number of rotatable bonds is 7. The number of carbonyl (C=O) groups excluding carboxylic acids is 2. The second-order valence-electron chi connectivity index (χ2n) is 8.40. The topological polar surface area (TPSA) is 59.1 Å². The highest BCUT2D eigenvalue weighted by Crippen LogP contribution is 2.35. The molecule has 2 heterocycles. The Labute approximate surface area is 173 Å². The van der Waals surface area contributed by atoms with Crippen molar-refractivity contribution in [2.45, 2.75) is 57.5 Å². The highest BCUT2D eigenvalue weighted by molar-refractivity contribution is 5.82. The van der Waals surface area contributed by atoms with Crippen LogP contribution in [0.3, 0.4) is 0 Å². The van der Waals surface area contributed by atoms with Gasteiger partial charge in [0.1, 0.15) is 5.75 Å². The molecule has 2 amide bonds. The first-order chi connectivity index (χ1) is 14.2. The van der Waals surface area contributed by atoms with Crippen LogP contribution in [-0.4, -0.2) is 66.6 Å². The van der Waals surface area contributed by atoms with Crippen LogP contribution < -0.4 is 4.74 Å². The van der Waals surface area contributed by atoms with Crippen LogP contribution in [0.1, 0.15) is 44.6 Å². The maximum atomic E-state index is 13.0. The number of hydrogen-bond donors (Lipinski definition) is 0. The summed E-state index contributed by atoms with van der Waals surface area (Å²) in [4.78, 5) is 30.0. The summed E-state index contributed by atoms with van der Waals surface area (Å²) in [7, 11) is 0. The zero-order valence-corrected chi connectivity index (χ0v) is 17.3. The molecule has 1 atom stereocenters. The SMILES string of the molecule is CCOc1ccc(CC(=O)N2CCC(N(C(=O)C3CC3)C3CCOCC3)C2)cc1. The van der Waals surface area contributed by atoms with E-state index >= 15 is 0 Å². The predicted octanol–water partition coefficient (Wildman–Crippen LogP) is 2.65. The fraction of sp³-hybridized carbons (Fsp3) is 0.652. The van der Waals surface area contributed by atoms with E-state index in [-0.39, 0.29) is 23.9 Å². The Kier molecular flexibility index (Phi) is 6.38. The monoisotopic (exact) mass is 400 g/mol. The van der Waals surface area contributed by atoms with Crippen molar-refractivity contribution < 1.29 is 19.1 Å². The van der Waals surface area contributed by atoms with Gasteiger partial charge in [0.05, 0.1) is 19.1 Å². The molecule has 1 aliphatic carbocycles. The Morgan fingerprint density at radius 1 is 1.07 bits per heavy atom. The van der Waals surface area contributed by atoms with Crippen LogP contribution in [0.2, 0.25) is 0 Å². The Hall–Kier alpha value is -2.08. The number of ether oxygens (including phenoxy) is 2. The molecule has 0 N–H and O–H groups in total. The molecule has 3 fully saturated rings. The van der Waals surface area contributed by atoms with Crippen LogP contribution in [0.15, 0.2) is 24.3 Å². The van der Waals surface area contributed by atoms with Gasteiger partial charge in [-0.1, -0.05) is 12.1 Å². The van der Waals surface area contributed by atoms with E-state index in [0.717, 1.165) is 63.2 Å². The normalized spacial score (nSPS) is 22.5. The van der Waals surface area contributed by atoms with E-state index in [0.29, 0.717) is 25.5 Å². The quantitative estimate of drug-likeness (QED) is 0.706. The number of nitrogens with zero attached hydrogens (tertiary/aromatic N) is 2. The van der Waals surface area contributed by atoms with Gasteiger partial charge in [0.2, 0.25) is 11.8 Å². The molecule has 1 unspecified atom stereocenters. The second-order valence-corrected chi connectivity index (χ2v) is 8.40. The van der Waals surface area contributed by atoms with Gasteiger partial charge in [-0.3, -0.25) is 9.59 Å². The van der Waals surface area contributed by atoms with E-state index in [2.05, 4.69) is 4.90 Å². The smallest absolute Gasteiger partial charge is 0.227 e. The predicted molar refractivity (Wildman–Crippen MR) is 110 cm³/mol. The van der Waals surface area contributed by atoms with Crippen molar-refractivity contribution in [2.75, 3.05) is 32.9 Å². The Bertz CT molecular complexity index is 710. The van der Waals surface area contributed by atoms with Crippen molar-refractivity contribution in [3.05, 3.63) is 29.8 Å². The molecule has 2 aliphatic heterocycles. The third kappa shape index (κ3) is 4.92. The average molecular weight is 401 g/mol. The lowest BCUT2D eigenvalue weighted by atomic mass is 10.0.